The molecule has 210 valence electrons. The van der Waals surface area contributed by atoms with E-state index in [0.29, 0.717) is 12.8 Å². The SMILES string of the molecule is CCC(CC)OC1C=C(C(=O)O)C[C@H](NC(=NC(=O)OC(C)(C)C)NC(=O)OC(C)(C)C)C1NC(C)=O. The van der Waals surface area contributed by atoms with Gasteiger partial charge in [0.1, 0.15) is 11.2 Å². The third kappa shape index (κ3) is 12.1. The van der Waals surface area contributed by atoms with Crippen LogP contribution in [0, 0.1) is 0 Å². The fourth-order valence-electron chi connectivity index (χ4n) is 3.56. The van der Waals surface area contributed by atoms with Crippen molar-refractivity contribution in [1.29, 1.82) is 0 Å². The number of hydrogen-bond acceptors (Lipinski definition) is 7. The molecule has 0 aromatic rings. The smallest absolute Gasteiger partial charge is 0.437 e. The molecule has 0 aromatic carbocycles. The minimum absolute atomic E-state index is 0.0453. The number of carboxylic acid groups (broad SMARTS) is 1. The molecule has 12 heteroatoms. The summed E-state index contributed by atoms with van der Waals surface area (Å²) < 4.78 is 16.7. The summed E-state index contributed by atoms with van der Waals surface area (Å²) in [5.74, 6) is -1.85. The summed E-state index contributed by atoms with van der Waals surface area (Å²) in [4.78, 5) is 52.8. The van der Waals surface area contributed by atoms with Crippen LogP contribution in [0.15, 0.2) is 16.6 Å². The van der Waals surface area contributed by atoms with Gasteiger partial charge in [0.05, 0.1) is 24.3 Å². The van der Waals surface area contributed by atoms with E-state index in [4.69, 9.17) is 14.2 Å². The van der Waals surface area contributed by atoms with Gasteiger partial charge in [-0.25, -0.2) is 14.4 Å². The molecular formula is C25H42N4O8. The van der Waals surface area contributed by atoms with Crippen molar-refractivity contribution in [1.82, 2.24) is 16.0 Å². The van der Waals surface area contributed by atoms with Crippen molar-refractivity contribution in [3.8, 4) is 0 Å². The summed E-state index contributed by atoms with van der Waals surface area (Å²) in [6.45, 7) is 15.2. The molecule has 1 rings (SSSR count). The van der Waals surface area contributed by atoms with Crippen LogP contribution in [0.1, 0.15) is 81.6 Å². The number of ether oxygens (including phenoxy) is 3. The minimum Gasteiger partial charge on any atom is -0.478 e. The highest BCUT2D eigenvalue weighted by Crippen LogP contribution is 2.25. The quantitative estimate of drug-likeness (QED) is 0.288. The molecule has 0 bridgehead atoms. The topological polar surface area (TPSA) is 165 Å². The molecule has 0 aromatic heterocycles. The van der Waals surface area contributed by atoms with Crippen molar-refractivity contribution in [3.05, 3.63) is 11.6 Å². The number of hydrogen-bond donors (Lipinski definition) is 4. The van der Waals surface area contributed by atoms with E-state index in [9.17, 15) is 24.3 Å². The summed E-state index contributed by atoms with van der Waals surface area (Å²) in [5.41, 5.74) is -1.64. The monoisotopic (exact) mass is 526 g/mol. The van der Waals surface area contributed by atoms with Crippen molar-refractivity contribution >= 4 is 30.0 Å². The van der Waals surface area contributed by atoms with E-state index >= 15 is 0 Å². The van der Waals surface area contributed by atoms with Crippen molar-refractivity contribution < 1.29 is 38.5 Å². The Balaban J connectivity index is 3.43. The lowest BCUT2D eigenvalue weighted by Crippen LogP contribution is -2.61. The van der Waals surface area contributed by atoms with Crippen LogP contribution >= 0.6 is 0 Å². The zero-order valence-corrected chi connectivity index (χ0v) is 23.3. The van der Waals surface area contributed by atoms with Crippen LogP contribution in [0.3, 0.4) is 0 Å². The molecule has 3 amide bonds. The molecule has 0 fully saturated rings. The number of guanidine groups is 1. The Bertz CT molecular complexity index is 897. The number of carbonyl (C=O) groups excluding carboxylic acids is 3. The summed E-state index contributed by atoms with van der Waals surface area (Å²) in [6.07, 6.45) is -0.0849. The number of nitrogens with one attached hydrogen (secondary N) is 3. The fourth-order valence-corrected chi connectivity index (χ4v) is 3.56. The Morgan fingerprint density at radius 2 is 1.59 bits per heavy atom. The third-order valence-corrected chi connectivity index (χ3v) is 5.04. The lowest BCUT2D eigenvalue weighted by Gasteiger charge is -2.38. The Morgan fingerprint density at radius 1 is 1.03 bits per heavy atom. The molecule has 37 heavy (non-hydrogen) atoms. The number of alkyl carbamates (subject to hydrolysis) is 1. The summed E-state index contributed by atoms with van der Waals surface area (Å²) in [6, 6.07) is -1.57. The Hall–Kier alpha value is -3.15. The van der Waals surface area contributed by atoms with Crippen molar-refractivity contribution in [2.24, 2.45) is 4.99 Å². The fraction of sp³-hybridized carbons (Fsp3) is 0.720. The number of amides is 3. The lowest BCUT2D eigenvalue weighted by atomic mass is 9.87. The van der Waals surface area contributed by atoms with Crippen LogP contribution in [-0.4, -0.2) is 70.6 Å². The van der Waals surface area contributed by atoms with E-state index in [1.165, 1.54) is 13.0 Å². The van der Waals surface area contributed by atoms with Crippen LogP contribution < -0.4 is 16.0 Å². The number of aliphatic carboxylic acids is 1. The van der Waals surface area contributed by atoms with Gasteiger partial charge in [-0.3, -0.25) is 10.1 Å². The predicted molar refractivity (Wildman–Crippen MR) is 137 cm³/mol. The lowest BCUT2D eigenvalue weighted by molar-refractivity contribution is -0.133. The molecule has 0 heterocycles. The maximum atomic E-state index is 12.5. The van der Waals surface area contributed by atoms with Gasteiger partial charge in [0, 0.05) is 18.9 Å². The minimum atomic E-state index is -1.16. The zero-order valence-electron chi connectivity index (χ0n) is 23.3. The first-order valence-corrected chi connectivity index (χ1v) is 12.4. The second kappa shape index (κ2) is 13.4. The number of aliphatic imine (C=N–C) groups is 1. The van der Waals surface area contributed by atoms with Crippen molar-refractivity contribution in [2.45, 2.75) is 117 Å². The van der Waals surface area contributed by atoms with Gasteiger partial charge in [0.2, 0.25) is 11.9 Å². The number of nitrogens with zero attached hydrogens (tertiary/aromatic N) is 1. The molecule has 0 saturated carbocycles. The molecule has 1 aliphatic rings. The predicted octanol–water partition coefficient (Wildman–Crippen LogP) is 3.25. The van der Waals surface area contributed by atoms with E-state index in [-0.39, 0.29) is 30.0 Å². The molecule has 12 nitrogen and oxygen atoms in total. The zero-order chi connectivity index (χ0) is 28.6. The summed E-state index contributed by atoms with van der Waals surface area (Å²) in [7, 11) is 0. The molecule has 0 spiro atoms. The maximum absolute atomic E-state index is 12.5. The molecular weight excluding hydrogens is 484 g/mol. The van der Waals surface area contributed by atoms with E-state index in [1.807, 2.05) is 13.8 Å². The Labute approximate surface area is 218 Å². The van der Waals surface area contributed by atoms with Crippen LogP contribution in [0.4, 0.5) is 9.59 Å². The molecule has 0 saturated heterocycles. The second-order valence-electron chi connectivity index (χ2n) is 10.8. The molecule has 0 aliphatic heterocycles. The van der Waals surface area contributed by atoms with Gasteiger partial charge in [-0.05, 0) is 60.5 Å². The van der Waals surface area contributed by atoms with Gasteiger partial charge in [-0.1, -0.05) is 13.8 Å². The second-order valence-corrected chi connectivity index (χ2v) is 10.8. The average Bonchev–Trinajstić information content (AvgIpc) is 2.70. The van der Waals surface area contributed by atoms with Gasteiger partial charge in [-0.15, -0.1) is 4.99 Å². The highest BCUT2D eigenvalue weighted by molar-refractivity contribution is 5.99. The molecule has 3 atom stereocenters. The summed E-state index contributed by atoms with van der Waals surface area (Å²) >= 11 is 0. The maximum Gasteiger partial charge on any atom is 0.437 e. The van der Waals surface area contributed by atoms with E-state index in [0.717, 1.165) is 0 Å². The average molecular weight is 527 g/mol. The van der Waals surface area contributed by atoms with E-state index in [2.05, 4.69) is 20.9 Å². The molecule has 1 aliphatic carbocycles. The molecule has 0 radical (unpaired) electrons. The van der Waals surface area contributed by atoms with Crippen LogP contribution in [0.2, 0.25) is 0 Å². The Kier molecular flexibility index (Phi) is 11.6. The summed E-state index contributed by atoms with van der Waals surface area (Å²) in [5, 5.41) is 17.8. The van der Waals surface area contributed by atoms with Crippen LogP contribution in [0.25, 0.3) is 0 Å². The molecule has 4 N–H and O–H groups in total. The first-order valence-electron chi connectivity index (χ1n) is 12.4. The number of carboxylic acids is 1. The van der Waals surface area contributed by atoms with Crippen LogP contribution in [-0.2, 0) is 23.8 Å². The highest BCUT2D eigenvalue weighted by Gasteiger charge is 2.38. The van der Waals surface area contributed by atoms with Crippen molar-refractivity contribution in [2.75, 3.05) is 0 Å². The van der Waals surface area contributed by atoms with Gasteiger partial charge < -0.3 is 30.0 Å². The first-order chi connectivity index (χ1) is 16.9. The Morgan fingerprint density at radius 3 is 2.05 bits per heavy atom. The van der Waals surface area contributed by atoms with Crippen molar-refractivity contribution in [3.63, 3.8) is 0 Å². The van der Waals surface area contributed by atoms with Gasteiger partial charge >= 0.3 is 18.2 Å². The van der Waals surface area contributed by atoms with Crippen LogP contribution in [0.5, 0.6) is 0 Å². The van der Waals surface area contributed by atoms with E-state index < -0.39 is 47.5 Å². The van der Waals surface area contributed by atoms with Gasteiger partial charge in [0.15, 0.2) is 0 Å². The number of rotatable bonds is 7. The third-order valence-electron chi connectivity index (χ3n) is 5.04. The largest absolute Gasteiger partial charge is 0.478 e. The number of carbonyl (C=O) groups is 4. The molecule has 2 unspecified atom stereocenters. The van der Waals surface area contributed by atoms with Gasteiger partial charge in [0.25, 0.3) is 0 Å². The normalized spacial score (nSPS) is 20.5. The van der Waals surface area contributed by atoms with Gasteiger partial charge in [-0.2, -0.15) is 0 Å². The standard InChI is InChI=1S/C25H42N4O8/c1-10-16(11-2)35-18-13-15(20(31)32)12-17(19(18)26-14(3)30)27-21(28-22(33)36-24(4,5)6)29-23(34)37-25(7,8)9/h13,16-19H,10-12H2,1-9H3,(H,26,30)(H,31,32)(H2,27,28,29,33,34)/t17-,18?,19?/m0/s1. The van der Waals surface area contributed by atoms with E-state index in [1.54, 1.807) is 41.5 Å². The highest BCUT2D eigenvalue weighted by atomic mass is 16.6. The first kappa shape index (κ1) is 31.9.